The van der Waals surface area contributed by atoms with Gasteiger partial charge in [0.05, 0.1) is 26.0 Å². The zero-order valence-corrected chi connectivity index (χ0v) is 12.2. The lowest BCUT2D eigenvalue weighted by atomic mass is 10.2. The first-order chi connectivity index (χ1) is 8.99. The molecule has 0 spiro atoms. The predicted molar refractivity (Wildman–Crippen MR) is 71.3 cm³/mol. The molecule has 0 amide bonds. The average Bonchev–Trinajstić information content (AvgIpc) is 2.75. The average molecular weight is 271 g/mol. The Kier molecular flexibility index (Phi) is 6.97. The number of aliphatic hydroxyl groups excluding tert-OH is 1. The predicted octanol–water partition coefficient (Wildman–Crippen LogP) is 1.44. The fourth-order valence-corrected chi connectivity index (χ4v) is 1.46. The van der Waals surface area contributed by atoms with E-state index in [2.05, 4.69) is 24.2 Å². The normalized spacial score (nSPS) is 13.4. The van der Waals surface area contributed by atoms with Crippen molar-refractivity contribution >= 4 is 0 Å². The smallest absolute Gasteiger partial charge is 0.156 e. The summed E-state index contributed by atoms with van der Waals surface area (Å²) in [5.41, 5.74) is 0.810. The summed E-state index contributed by atoms with van der Waals surface area (Å²) in [5, 5.41) is 17.5. The number of ether oxygens (including phenoxy) is 2. The van der Waals surface area contributed by atoms with Crippen LogP contribution < -0.4 is 0 Å². The minimum Gasteiger partial charge on any atom is -0.373 e. The molecule has 0 saturated carbocycles. The van der Waals surface area contributed by atoms with E-state index in [1.54, 1.807) is 0 Å². The molecule has 1 aromatic heterocycles. The van der Waals surface area contributed by atoms with Crippen LogP contribution in [0.2, 0.25) is 0 Å². The van der Waals surface area contributed by atoms with E-state index in [0.29, 0.717) is 25.7 Å². The van der Waals surface area contributed by atoms with Gasteiger partial charge in [0.1, 0.15) is 5.69 Å². The molecule has 0 radical (unpaired) electrons. The van der Waals surface area contributed by atoms with Gasteiger partial charge in [0.15, 0.2) is 6.29 Å². The Hall–Kier alpha value is -0.980. The number of hydrogen-bond acceptors (Lipinski definition) is 5. The van der Waals surface area contributed by atoms with Crippen molar-refractivity contribution in [1.82, 2.24) is 15.0 Å². The van der Waals surface area contributed by atoms with Crippen LogP contribution in [0.3, 0.4) is 0 Å². The molecule has 1 aromatic rings. The topological polar surface area (TPSA) is 69.4 Å². The maximum atomic E-state index is 9.43. The lowest BCUT2D eigenvalue weighted by molar-refractivity contribution is -0.137. The van der Waals surface area contributed by atoms with Crippen molar-refractivity contribution in [3.63, 3.8) is 0 Å². The number of nitrogens with zero attached hydrogens (tertiary/aromatic N) is 3. The highest BCUT2D eigenvalue weighted by atomic mass is 16.6. The molecule has 0 fully saturated rings. The van der Waals surface area contributed by atoms with Crippen molar-refractivity contribution in [3.8, 4) is 0 Å². The highest BCUT2D eigenvalue weighted by molar-refractivity contribution is 4.89. The van der Waals surface area contributed by atoms with Gasteiger partial charge in [-0.3, -0.25) is 4.68 Å². The van der Waals surface area contributed by atoms with Gasteiger partial charge in [-0.25, -0.2) is 0 Å². The standard InChI is InChI=1S/C13H25N3O3/c1-10(2)7-16-8-12(14-15-16)9-18-5-6-19-13(17)11(3)4/h8,10-11,13,17H,5-7,9H2,1-4H3. The second-order valence-electron chi connectivity index (χ2n) is 5.38. The quantitative estimate of drug-likeness (QED) is 0.543. The molecule has 0 bridgehead atoms. The molecule has 6 nitrogen and oxygen atoms in total. The first-order valence-electron chi connectivity index (χ1n) is 6.75. The van der Waals surface area contributed by atoms with E-state index in [1.807, 2.05) is 24.7 Å². The van der Waals surface area contributed by atoms with E-state index in [9.17, 15) is 5.11 Å². The van der Waals surface area contributed by atoms with Gasteiger partial charge >= 0.3 is 0 Å². The molecule has 1 N–H and O–H groups in total. The van der Waals surface area contributed by atoms with Crippen molar-refractivity contribution < 1.29 is 14.6 Å². The highest BCUT2D eigenvalue weighted by Crippen LogP contribution is 2.03. The third kappa shape index (κ3) is 6.66. The summed E-state index contributed by atoms with van der Waals surface area (Å²) in [7, 11) is 0. The van der Waals surface area contributed by atoms with Gasteiger partial charge in [0.25, 0.3) is 0 Å². The molecule has 1 atom stereocenters. The molecule has 0 aliphatic heterocycles. The van der Waals surface area contributed by atoms with E-state index in [-0.39, 0.29) is 5.92 Å². The molecule has 0 aliphatic rings. The molecule has 0 aromatic carbocycles. The first-order valence-corrected chi connectivity index (χ1v) is 6.75. The summed E-state index contributed by atoms with van der Waals surface area (Å²) >= 11 is 0. The molecule has 1 unspecified atom stereocenters. The van der Waals surface area contributed by atoms with Gasteiger partial charge in [-0.2, -0.15) is 0 Å². The van der Waals surface area contributed by atoms with Crippen LogP contribution in [0.1, 0.15) is 33.4 Å². The first kappa shape index (κ1) is 16.1. The minimum absolute atomic E-state index is 0.0935. The van der Waals surface area contributed by atoms with Crippen molar-refractivity contribution in [2.75, 3.05) is 13.2 Å². The molecule has 110 valence electrons. The van der Waals surface area contributed by atoms with Crippen molar-refractivity contribution in [2.45, 2.75) is 47.1 Å². The third-order valence-corrected chi connectivity index (χ3v) is 2.47. The van der Waals surface area contributed by atoms with E-state index < -0.39 is 6.29 Å². The van der Waals surface area contributed by atoms with Gasteiger partial charge in [-0.05, 0) is 5.92 Å². The fraction of sp³-hybridized carbons (Fsp3) is 0.846. The zero-order chi connectivity index (χ0) is 14.3. The van der Waals surface area contributed by atoms with Crippen LogP contribution in [0.5, 0.6) is 0 Å². The summed E-state index contributed by atoms with van der Waals surface area (Å²) in [6.07, 6.45) is 1.17. The SMILES string of the molecule is CC(C)Cn1cc(COCCOC(O)C(C)C)nn1. The Balaban J connectivity index is 2.14. The monoisotopic (exact) mass is 271 g/mol. The summed E-state index contributed by atoms with van der Waals surface area (Å²) in [4.78, 5) is 0. The van der Waals surface area contributed by atoms with E-state index in [1.165, 1.54) is 0 Å². The largest absolute Gasteiger partial charge is 0.373 e. The van der Waals surface area contributed by atoms with E-state index >= 15 is 0 Å². The van der Waals surface area contributed by atoms with Crippen LogP contribution in [0.25, 0.3) is 0 Å². The lowest BCUT2D eigenvalue weighted by Gasteiger charge is -2.14. The molecular weight excluding hydrogens is 246 g/mol. The molecule has 6 heteroatoms. The van der Waals surface area contributed by atoms with Crippen LogP contribution in [-0.2, 0) is 22.6 Å². The van der Waals surface area contributed by atoms with Crippen LogP contribution in [0, 0.1) is 11.8 Å². The fourth-order valence-electron chi connectivity index (χ4n) is 1.46. The second-order valence-corrected chi connectivity index (χ2v) is 5.38. The van der Waals surface area contributed by atoms with Gasteiger partial charge < -0.3 is 14.6 Å². The second kappa shape index (κ2) is 8.24. The number of hydrogen-bond donors (Lipinski definition) is 1. The van der Waals surface area contributed by atoms with Gasteiger partial charge in [-0.1, -0.05) is 32.9 Å². The van der Waals surface area contributed by atoms with Crippen LogP contribution in [-0.4, -0.2) is 39.6 Å². The minimum atomic E-state index is -0.726. The maximum absolute atomic E-state index is 9.43. The Morgan fingerprint density at radius 2 is 2.00 bits per heavy atom. The molecular formula is C13H25N3O3. The molecule has 19 heavy (non-hydrogen) atoms. The number of rotatable bonds is 9. The van der Waals surface area contributed by atoms with Crippen molar-refractivity contribution in [3.05, 3.63) is 11.9 Å². The molecule has 0 saturated heterocycles. The Morgan fingerprint density at radius 1 is 1.26 bits per heavy atom. The molecule has 1 heterocycles. The summed E-state index contributed by atoms with van der Waals surface area (Å²) in [5.74, 6) is 0.636. The van der Waals surface area contributed by atoms with Gasteiger partial charge in [0, 0.05) is 12.5 Å². The summed E-state index contributed by atoms with van der Waals surface area (Å²) in [6, 6.07) is 0. The van der Waals surface area contributed by atoms with E-state index in [4.69, 9.17) is 9.47 Å². The van der Waals surface area contributed by atoms with Crippen molar-refractivity contribution in [2.24, 2.45) is 11.8 Å². The summed E-state index contributed by atoms with van der Waals surface area (Å²) < 4.78 is 12.4. The number of aromatic nitrogens is 3. The third-order valence-electron chi connectivity index (χ3n) is 2.47. The highest BCUT2D eigenvalue weighted by Gasteiger charge is 2.08. The van der Waals surface area contributed by atoms with Gasteiger partial charge in [0.2, 0.25) is 0 Å². The Morgan fingerprint density at radius 3 is 2.63 bits per heavy atom. The molecule has 1 rings (SSSR count). The van der Waals surface area contributed by atoms with Gasteiger partial charge in [-0.15, -0.1) is 5.10 Å². The van der Waals surface area contributed by atoms with Crippen LogP contribution in [0.4, 0.5) is 0 Å². The van der Waals surface area contributed by atoms with Crippen LogP contribution >= 0.6 is 0 Å². The maximum Gasteiger partial charge on any atom is 0.156 e. The molecule has 0 aliphatic carbocycles. The summed E-state index contributed by atoms with van der Waals surface area (Å²) in [6.45, 7) is 10.2. The van der Waals surface area contributed by atoms with Crippen molar-refractivity contribution in [1.29, 1.82) is 0 Å². The zero-order valence-electron chi connectivity index (χ0n) is 12.2. The van der Waals surface area contributed by atoms with Crippen LogP contribution in [0.15, 0.2) is 6.20 Å². The van der Waals surface area contributed by atoms with E-state index in [0.717, 1.165) is 12.2 Å². The Bertz CT molecular complexity index is 353. The number of aliphatic hydroxyl groups is 1. The lowest BCUT2D eigenvalue weighted by Crippen LogP contribution is -2.21. The Labute approximate surface area is 114 Å².